The van der Waals surface area contributed by atoms with Gasteiger partial charge in [-0.25, -0.2) is 19.3 Å². The fourth-order valence-electron chi connectivity index (χ4n) is 3.51. The number of nitrogens with zero attached hydrogens (tertiary/aromatic N) is 5. The van der Waals surface area contributed by atoms with Gasteiger partial charge in [0.15, 0.2) is 16.8 Å². The molecule has 0 saturated carbocycles. The highest BCUT2D eigenvalue weighted by atomic mass is 32.1. The summed E-state index contributed by atoms with van der Waals surface area (Å²) in [6.07, 6.45) is 7.52. The van der Waals surface area contributed by atoms with Gasteiger partial charge in [-0.1, -0.05) is 0 Å². The number of ether oxygens (including phenoxy) is 1. The van der Waals surface area contributed by atoms with E-state index in [-0.39, 0.29) is 6.10 Å². The van der Waals surface area contributed by atoms with Gasteiger partial charge in [0.1, 0.15) is 0 Å². The molecule has 1 saturated heterocycles. The summed E-state index contributed by atoms with van der Waals surface area (Å²) < 4.78 is 18.8. The molecule has 27 heavy (non-hydrogen) atoms. The second kappa shape index (κ2) is 6.86. The highest BCUT2D eigenvalue weighted by Gasteiger charge is 2.28. The third-order valence-corrected chi connectivity index (χ3v) is 5.80. The van der Waals surface area contributed by atoms with E-state index in [0.717, 1.165) is 68.4 Å². The predicted octanol–water partition coefficient (Wildman–Crippen LogP) is 2.75. The first-order chi connectivity index (χ1) is 13.3. The maximum Gasteiger partial charge on any atom is 0.229 e. The van der Waals surface area contributed by atoms with Crippen molar-refractivity contribution in [3.05, 3.63) is 29.3 Å². The molecule has 5 rings (SSSR count). The van der Waals surface area contributed by atoms with Crippen LogP contribution >= 0.6 is 11.3 Å². The lowest BCUT2D eigenvalue weighted by molar-refractivity contribution is 0.115. The molecule has 2 aliphatic rings. The van der Waals surface area contributed by atoms with Crippen molar-refractivity contribution in [1.82, 2.24) is 25.1 Å². The van der Waals surface area contributed by atoms with Crippen LogP contribution in [0.2, 0.25) is 0 Å². The van der Waals surface area contributed by atoms with Crippen LogP contribution in [-0.4, -0.2) is 50.9 Å². The zero-order valence-electron chi connectivity index (χ0n) is 14.5. The molecule has 0 unspecified atom stereocenters. The average Bonchev–Trinajstić information content (AvgIpc) is 3.40. The molecule has 10 heteroatoms. The number of thiazole rings is 1. The molecule has 3 aromatic rings. The fourth-order valence-corrected chi connectivity index (χ4v) is 4.47. The minimum atomic E-state index is -0.468. The van der Waals surface area contributed by atoms with Gasteiger partial charge in [0.2, 0.25) is 5.95 Å². The van der Waals surface area contributed by atoms with E-state index >= 15 is 0 Å². The van der Waals surface area contributed by atoms with Crippen molar-refractivity contribution in [1.29, 1.82) is 0 Å². The second-order valence-electron chi connectivity index (χ2n) is 6.59. The van der Waals surface area contributed by atoms with Gasteiger partial charge < -0.3 is 15.0 Å². The number of aromatic amines is 1. The standard InChI is InChI=1S/C17H18FN7OS/c18-10-6-19-16(20-7-10)23-17-22-14-12-8-21-24-15(12)25(4-3-13(14)27-17)9-11-2-1-5-26-11/h6-8,11H,1-5,9H2,(H,21,24)(H,19,20,22,23)/t11-/m0/s1. The zero-order chi connectivity index (χ0) is 18.2. The van der Waals surface area contributed by atoms with Gasteiger partial charge in [-0.3, -0.25) is 5.10 Å². The molecular weight excluding hydrogens is 369 g/mol. The SMILES string of the molecule is Fc1cnc(Nc2nc3c(s2)CCN(C[C@@H]2CCCO2)c2n[nH]cc2-3)nc1. The Labute approximate surface area is 158 Å². The van der Waals surface area contributed by atoms with Crippen LogP contribution in [0.3, 0.4) is 0 Å². The molecule has 3 aromatic heterocycles. The van der Waals surface area contributed by atoms with E-state index < -0.39 is 5.82 Å². The van der Waals surface area contributed by atoms with Crippen LogP contribution in [0.15, 0.2) is 18.6 Å². The van der Waals surface area contributed by atoms with E-state index in [1.165, 1.54) is 4.88 Å². The first-order valence-corrected chi connectivity index (χ1v) is 9.73. The van der Waals surface area contributed by atoms with Crippen molar-refractivity contribution in [2.24, 2.45) is 0 Å². The van der Waals surface area contributed by atoms with E-state index in [2.05, 4.69) is 30.4 Å². The third kappa shape index (κ3) is 3.26. The summed E-state index contributed by atoms with van der Waals surface area (Å²) in [6.45, 7) is 2.56. The van der Waals surface area contributed by atoms with E-state index in [9.17, 15) is 4.39 Å². The number of hydrogen-bond acceptors (Lipinski definition) is 8. The highest BCUT2D eigenvalue weighted by molar-refractivity contribution is 7.16. The van der Waals surface area contributed by atoms with Crippen molar-refractivity contribution in [3.8, 4) is 11.3 Å². The number of rotatable bonds is 4. The summed E-state index contributed by atoms with van der Waals surface area (Å²) >= 11 is 1.56. The van der Waals surface area contributed by atoms with Gasteiger partial charge in [-0.15, -0.1) is 11.3 Å². The first-order valence-electron chi connectivity index (χ1n) is 8.91. The summed E-state index contributed by atoms with van der Waals surface area (Å²) in [5.41, 5.74) is 1.91. The number of nitrogens with one attached hydrogen (secondary N) is 2. The molecule has 0 aromatic carbocycles. The van der Waals surface area contributed by atoms with E-state index in [1.54, 1.807) is 11.3 Å². The minimum absolute atomic E-state index is 0.270. The fraction of sp³-hybridized carbons (Fsp3) is 0.412. The molecule has 8 nitrogen and oxygen atoms in total. The maximum absolute atomic E-state index is 13.0. The molecule has 140 valence electrons. The average molecular weight is 387 g/mol. The van der Waals surface area contributed by atoms with Gasteiger partial charge in [-0.2, -0.15) is 5.10 Å². The molecule has 0 spiro atoms. The van der Waals surface area contributed by atoms with Crippen molar-refractivity contribution in [2.45, 2.75) is 25.4 Å². The number of fused-ring (bicyclic) bond motifs is 3. The summed E-state index contributed by atoms with van der Waals surface area (Å²) in [5.74, 6) is 0.775. The van der Waals surface area contributed by atoms with Gasteiger partial charge in [-0.05, 0) is 12.8 Å². The molecule has 0 bridgehead atoms. The molecule has 5 heterocycles. The second-order valence-corrected chi connectivity index (χ2v) is 7.68. The van der Waals surface area contributed by atoms with Crippen molar-refractivity contribution >= 4 is 28.2 Å². The molecule has 0 amide bonds. The summed E-state index contributed by atoms with van der Waals surface area (Å²) in [6, 6.07) is 0. The van der Waals surface area contributed by atoms with Crippen LogP contribution in [0.4, 0.5) is 21.3 Å². The summed E-state index contributed by atoms with van der Waals surface area (Å²) in [5, 5.41) is 11.2. The van der Waals surface area contributed by atoms with E-state index in [1.807, 2.05) is 6.20 Å². The lowest BCUT2D eigenvalue weighted by atomic mass is 10.2. The Hall–Kier alpha value is -2.59. The Morgan fingerprint density at radius 1 is 1.37 bits per heavy atom. The smallest absolute Gasteiger partial charge is 0.229 e. The van der Waals surface area contributed by atoms with Crippen LogP contribution in [0.1, 0.15) is 17.7 Å². The molecule has 1 atom stereocenters. The summed E-state index contributed by atoms with van der Waals surface area (Å²) in [7, 11) is 0. The lowest BCUT2D eigenvalue weighted by Crippen LogP contribution is -2.33. The van der Waals surface area contributed by atoms with Crippen molar-refractivity contribution < 1.29 is 9.13 Å². The Morgan fingerprint density at radius 3 is 3.07 bits per heavy atom. The van der Waals surface area contributed by atoms with Crippen LogP contribution in [-0.2, 0) is 11.2 Å². The van der Waals surface area contributed by atoms with Crippen LogP contribution in [0.25, 0.3) is 11.3 Å². The van der Waals surface area contributed by atoms with Crippen molar-refractivity contribution in [2.75, 3.05) is 29.9 Å². The number of halogens is 1. The normalized spacial score (nSPS) is 18.9. The van der Waals surface area contributed by atoms with Crippen LogP contribution in [0.5, 0.6) is 0 Å². The Morgan fingerprint density at radius 2 is 2.26 bits per heavy atom. The lowest BCUT2D eigenvalue weighted by Gasteiger charge is -2.24. The van der Waals surface area contributed by atoms with Gasteiger partial charge in [0, 0.05) is 37.2 Å². The highest BCUT2D eigenvalue weighted by Crippen LogP contribution is 2.39. The third-order valence-electron chi connectivity index (χ3n) is 4.77. The van der Waals surface area contributed by atoms with E-state index in [4.69, 9.17) is 9.72 Å². The number of aromatic nitrogens is 5. The van der Waals surface area contributed by atoms with Crippen LogP contribution < -0.4 is 10.2 Å². The minimum Gasteiger partial charge on any atom is -0.376 e. The molecule has 0 radical (unpaired) electrons. The maximum atomic E-state index is 13.0. The van der Waals surface area contributed by atoms with Crippen molar-refractivity contribution in [3.63, 3.8) is 0 Å². The molecule has 2 aliphatic heterocycles. The number of hydrogen-bond donors (Lipinski definition) is 2. The van der Waals surface area contributed by atoms with Gasteiger partial charge in [0.05, 0.1) is 29.8 Å². The molecular formula is C17H18FN7OS. The monoisotopic (exact) mass is 387 g/mol. The Bertz CT molecular complexity index is 935. The van der Waals surface area contributed by atoms with Gasteiger partial charge >= 0.3 is 0 Å². The predicted molar refractivity (Wildman–Crippen MR) is 99.9 cm³/mol. The quantitative estimate of drug-likeness (QED) is 0.711. The zero-order valence-corrected chi connectivity index (χ0v) is 15.3. The topological polar surface area (TPSA) is 91.9 Å². The Balaban J connectivity index is 1.41. The summed E-state index contributed by atoms with van der Waals surface area (Å²) in [4.78, 5) is 16.0. The Kier molecular flexibility index (Phi) is 4.21. The van der Waals surface area contributed by atoms with E-state index in [0.29, 0.717) is 11.1 Å². The largest absolute Gasteiger partial charge is 0.376 e. The molecule has 0 aliphatic carbocycles. The number of H-pyrrole nitrogens is 1. The molecule has 2 N–H and O–H groups in total. The first kappa shape index (κ1) is 16.6. The van der Waals surface area contributed by atoms with Gasteiger partial charge in [0.25, 0.3) is 0 Å². The van der Waals surface area contributed by atoms with Crippen LogP contribution in [0, 0.1) is 5.82 Å². The number of anilines is 3. The molecule has 1 fully saturated rings.